The van der Waals surface area contributed by atoms with E-state index in [0.29, 0.717) is 6.04 Å². The Hall–Kier alpha value is -0.160. The molecule has 0 aromatic heterocycles. The second kappa shape index (κ2) is 10.6. The summed E-state index contributed by atoms with van der Waals surface area (Å²) in [5.74, 6) is 0.723. The Morgan fingerprint density at radius 3 is 2.68 bits per heavy atom. The number of hydrogen-bond acceptors (Lipinski definition) is 4. The lowest BCUT2D eigenvalue weighted by Crippen LogP contribution is -2.42. The molecule has 1 saturated heterocycles. The first kappa shape index (κ1) is 16.9. The largest absolute Gasteiger partial charge is 0.383 e. The molecule has 0 amide bonds. The standard InChI is InChI=1S/C15H32N2O2/c1-4-15(5-2)17(9-11-18-3)8-7-16-12-14-6-10-19-13-14/h14-16H,4-13H2,1-3H3. The number of hydrogen-bond donors (Lipinski definition) is 1. The summed E-state index contributed by atoms with van der Waals surface area (Å²) in [6.45, 7) is 11.6. The van der Waals surface area contributed by atoms with Crippen molar-refractivity contribution in [1.82, 2.24) is 10.2 Å². The van der Waals surface area contributed by atoms with Crippen LogP contribution in [0.25, 0.3) is 0 Å². The third kappa shape index (κ3) is 6.70. The summed E-state index contributed by atoms with van der Waals surface area (Å²) in [5.41, 5.74) is 0. The molecule has 1 unspecified atom stereocenters. The molecule has 0 aromatic carbocycles. The van der Waals surface area contributed by atoms with Crippen LogP contribution in [0, 0.1) is 5.92 Å². The number of nitrogens with zero attached hydrogens (tertiary/aromatic N) is 1. The second-order valence-corrected chi connectivity index (χ2v) is 5.43. The molecular formula is C15H32N2O2. The maximum atomic E-state index is 5.39. The summed E-state index contributed by atoms with van der Waals surface area (Å²) < 4.78 is 10.6. The van der Waals surface area contributed by atoms with Gasteiger partial charge < -0.3 is 14.8 Å². The van der Waals surface area contributed by atoms with Gasteiger partial charge in [0.05, 0.1) is 13.2 Å². The molecule has 1 atom stereocenters. The van der Waals surface area contributed by atoms with Gasteiger partial charge >= 0.3 is 0 Å². The highest BCUT2D eigenvalue weighted by atomic mass is 16.5. The summed E-state index contributed by atoms with van der Waals surface area (Å²) in [7, 11) is 1.78. The quantitative estimate of drug-likeness (QED) is 0.581. The van der Waals surface area contributed by atoms with Crippen molar-refractivity contribution in [1.29, 1.82) is 0 Å². The van der Waals surface area contributed by atoms with Crippen LogP contribution < -0.4 is 5.32 Å². The highest BCUT2D eigenvalue weighted by Gasteiger charge is 2.16. The fraction of sp³-hybridized carbons (Fsp3) is 1.00. The van der Waals surface area contributed by atoms with Crippen LogP contribution in [-0.4, -0.2) is 64.1 Å². The fourth-order valence-electron chi connectivity index (χ4n) is 2.76. The number of rotatable bonds is 11. The van der Waals surface area contributed by atoms with E-state index >= 15 is 0 Å². The zero-order chi connectivity index (χ0) is 13.9. The van der Waals surface area contributed by atoms with Crippen molar-refractivity contribution in [2.45, 2.75) is 39.2 Å². The van der Waals surface area contributed by atoms with Gasteiger partial charge in [-0.3, -0.25) is 4.90 Å². The maximum absolute atomic E-state index is 5.39. The van der Waals surface area contributed by atoms with Gasteiger partial charge in [-0.2, -0.15) is 0 Å². The molecule has 0 aliphatic carbocycles. The minimum atomic E-state index is 0.687. The predicted molar refractivity (Wildman–Crippen MR) is 79.6 cm³/mol. The van der Waals surface area contributed by atoms with Crippen molar-refractivity contribution >= 4 is 0 Å². The van der Waals surface area contributed by atoms with Crippen LogP contribution in [0.3, 0.4) is 0 Å². The number of nitrogens with one attached hydrogen (secondary N) is 1. The average molecular weight is 272 g/mol. The SMILES string of the molecule is CCC(CC)N(CCNCC1CCOC1)CCOC. The topological polar surface area (TPSA) is 33.7 Å². The van der Waals surface area contributed by atoms with Gasteiger partial charge in [0.1, 0.15) is 0 Å². The average Bonchev–Trinajstić information content (AvgIpc) is 2.94. The monoisotopic (exact) mass is 272 g/mol. The lowest BCUT2D eigenvalue weighted by Gasteiger charge is -2.30. The Morgan fingerprint density at radius 2 is 2.11 bits per heavy atom. The summed E-state index contributed by atoms with van der Waals surface area (Å²) >= 11 is 0. The highest BCUT2D eigenvalue weighted by molar-refractivity contribution is 4.71. The lowest BCUT2D eigenvalue weighted by molar-refractivity contribution is 0.115. The predicted octanol–water partition coefficient (Wildman–Crippen LogP) is 1.75. The van der Waals surface area contributed by atoms with Crippen molar-refractivity contribution in [3.8, 4) is 0 Å². The van der Waals surface area contributed by atoms with E-state index in [2.05, 4.69) is 24.1 Å². The molecule has 1 fully saturated rings. The second-order valence-electron chi connectivity index (χ2n) is 5.43. The summed E-state index contributed by atoms with van der Waals surface area (Å²) in [4.78, 5) is 2.56. The van der Waals surface area contributed by atoms with Crippen LogP contribution in [0.2, 0.25) is 0 Å². The van der Waals surface area contributed by atoms with E-state index in [1.807, 2.05) is 0 Å². The molecule has 1 aliphatic heterocycles. The van der Waals surface area contributed by atoms with E-state index in [4.69, 9.17) is 9.47 Å². The van der Waals surface area contributed by atoms with Crippen LogP contribution in [0.1, 0.15) is 33.1 Å². The lowest BCUT2D eigenvalue weighted by atomic mass is 10.1. The van der Waals surface area contributed by atoms with E-state index in [9.17, 15) is 0 Å². The summed E-state index contributed by atoms with van der Waals surface area (Å²) in [5, 5.41) is 3.57. The molecule has 1 aliphatic rings. The van der Waals surface area contributed by atoms with E-state index in [-0.39, 0.29) is 0 Å². The Morgan fingerprint density at radius 1 is 1.32 bits per heavy atom. The molecule has 4 heteroatoms. The molecule has 1 N–H and O–H groups in total. The van der Waals surface area contributed by atoms with E-state index in [1.165, 1.54) is 19.3 Å². The van der Waals surface area contributed by atoms with Gasteiger partial charge in [0.25, 0.3) is 0 Å². The highest BCUT2D eigenvalue weighted by Crippen LogP contribution is 2.11. The molecule has 0 spiro atoms. The Labute approximate surface area is 118 Å². The van der Waals surface area contributed by atoms with Crippen molar-refractivity contribution in [3.63, 3.8) is 0 Å². The van der Waals surface area contributed by atoms with Crippen LogP contribution in [0.15, 0.2) is 0 Å². The first-order chi connectivity index (χ1) is 9.31. The summed E-state index contributed by atoms with van der Waals surface area (Å²) in [6, 6.07) is 0.687. The van der Waals surface area contributed by atoms with Gasteiger partial charge in [0, 0.05) is 45.9 Å². The molecule has 0 bridgehead atoms. The number of ether oxygens (including phenoxy) is 2. The van der Waals surface area contributed by atoms with Crippen LogP contribution in [0.5, 0.6) is 0 Å². The summed E-state index contributed by atoms with van der Waals surface area (Å²) in [6.07, 6.45) is 3.65. The van der Waals surface area contributed by atoms with Crippen LogP contribution in [-0.2, 0) is 9.47 Å². The third-order valence-electron chi connectivity index (χ3n) is 4.07. The van der Waals surface area contributed by atoms with Crippen molar-refractivity contribution in [2.75, 3.05) is 53.1 Å². The van der Waals surface area contributed by atoms with Gasteiger partial charge in [0.2, 0.25) is 0 Å². The molecule has 1 heterocycles. The first-order valence-electron chi connectivity index (χ1n) is 7.83. The van der Waals surface area contributed by atoms with Gasteiger partial charge in [-0.15, -0.1) is 0 Å². The number of methoxy groups -OCH3 is 1. The third-order valence-corrected chi connectivity index (χ3v) is 4.07. The zero-order valence-corrected chi connectivity index (χ0v) is 13.0. The molecule has 0 saturated carbocycles. The minimum Gasteiger partial charge on any atom is -0.383 e. The maximum Gasteiger partial charge on any atom is 0.0589 e. The molecule has 1 rings (SSSR count). The van der Waals surface area contributed by atoms with Gasteiger partial charge in [-0.05, 0) is 25.2 Å². The minimum absolute atomic E-state index is 0.687. The van der Waals surface area contributed by atoms with Crippen molar-refractivity contribution in [3.05, 3.63) is 0 Å². The van der Waals surface area contributed by atoms with Gasteiger partial charge in [0.15, 0.2) is 0 Å². The smallest absolute Gasteiger partial charge is 0.0589 e. The molecule has 19 heavy (non-hydrogen) atoms. The Bertz CT molecular complexity index is 204. The Kier molecular flexibility index (Phi) is 9.43. The van der Waals surface area contributed by atoms with E-state index < -0.39 is 0 Å². The van der Waals surface area contributed by atoms with E-state index in [0.717, 1.165) is 51.9 Å². The van der Waals surface area contributed by atoms with Crippen molar-refractivity contribution in [2.24, 2.45) is 5.92 Å². The van der Waals surface area contributed by atoms with Crippen LogP contribution >= 0.6 is 0 Å². The molecular weight excluding hydrogens is 240 g/mol. The fourth-order valence-corrected chi connectivity index (χ4v) is 2.76. The zero-order valence-electron chi connectivity index (χ0n) is 13.0. The van der Waals surface area contributed by atoms with Gasteiger partial charge in [-0.25, -0.2) is 0 Å². The van der Waals surface area contributed by atoms with Crippen LogP contribution in [0.4, 0.5) is 0 Å². The molecule has 0 aromatic rings. The Balaban J connectivity index is 2.18. The van der Waals surface area contributed by atoms with Gasteiger partial charge in [-0.1, -0.05) is 13.8 Å². The first-order valence-corrected chi connectivity index (χ1v) is 7.83. The van der Waals surface area contributed by atoms with Crippen molar-refractivity contribution < 1.29 is 9.47 Å². The molecule has 0 radical (unpaired) electrons. The molecule has 114 valence electrons. The van der Waals surface area contributed by atoms with E-state index in [1.54, 1.807) is 7.11 Å². The normalized spacial score (nSPS) is 19.7. The molecule has 4 nitrogen and oxygen atoms in total.